The van der Waals surface area contributed by atoms with Crippen molar-refractivity contribution in [3.8, 4) is 0 Å². The Kier molecular flexibility index (Phi) is 22.9. The molecule has 242 valence electrons. The number of nitrogens with zero attached hydrogens (tertiary/aromatic N) is 2. The third kappa shape index (κ3) is 24.0. The van der Waals surface area contributed by atoms with Crippen LogP contribution in [0.15, 0.2) is 4.99 Å². The van der Waals surface area contributed by atoms with Crippen molar-refractivity contribution in [1.29, 1.82) is 5.41 Å². The van der Waals surface area contributed by atoms with Crippen molar-refractivity contribution in [2.75, 3.05) is 26.2 Å². The topological polar surface area (TPSA) is 279 Å². The molecule has 0 heterocycles. The van der Waals surface area contributed by atoms with Crippen molar-refractivity contribution >= 4 is 41.6 Å². The van der Waals surface area contributed by atoms with E-state index in [0.29, 0.717) is 51.1 Å². The van der Waals surface area contributed by atoms with Gasteiger partial charge < -0.3 is 38.0 Å². The summed E-state index contributed by atoms with van der Waals surface area (Å²) in [5, 5.41) is 32.8. The Morgan fingerprint density at radius 1 is 1.00 bits per heavy atom. The van der Waals surface area contributed by atoms with E-state index in [9.17, 15) is 24.3 Å². The van der Waals surface area contributed by atoms with Gasteiger partial charge >= 0.3 is 5.97 Å². The highest BCUT2D eigenvalue weighted by Gasteiger charge is 2.31. The van der Waals surface area contributed by atoms with Crippen LogP contribution in [0.3, 0.4) is 0 Å². The average Bonchev–Trinajstić information content (AvgIpc) is 2.85. The number of hydrogen-bond acceptors (Lipinski definition) is 9. The number of amides is 3. The lowest BCUT2D eigenvalue weighted by atomic mass is 10.0. The summed E-state index contributed by atoms with van der Waals surface area (Å²) >= 11 is 0. The highest BCUT2D eigenvalue weighted by molar-refractivity contribution is 6.05. The summed E-state index contributed by atoms with van der Waals surface area (Å²) < 4.78 is 0. The van der Waals surface area contributed by atoms with E-state index in [1.54, 1.807) is 6.92 Å². The number of aliphatic carboxylic acids is 2. The van der Waals surface area contributed by atoms with Crippen molar-refractivity contribution in [3.63, 3.8) is 0 Å². The van der Waals surface area contributed by atoms with Crippen LogP contribution >= 0.6 is 0 Å². The number of nitrogens with two attached hydrogens (primary N) is 3. The third-order valence-electron chi connectivity index (χ3n) is 5.43. The number of guanidine groups is 2. The van der Waals surface area contributed by atoms with Crippen LogP contribution in [-0.2, 0) is 24.0 Å². The van der Waals surface area contributed by atoms with Crippen LogP contribution in [0, 0.1) is 11.3 Å². The molecule has 0 fully saturated rings. The molecule has 0 aliphatic carbocycles. The van der Waals surface area contributed by atoms with E-state index in [2.05, 4.69) is 20.9 Å². The number of carbonyl (C=O) groups excluding carboxylic acids is 3. The lowest BCUT2D eigenvalue weighted by Gasteiger charge is -2.28. The summed E-state index contributed by atoms with van der Waals surface area (Å²) in [6.45, 7) is 7.88. The van der Waals surface area contributed by atoms with Gasteiger partial charge in [0, 0.05) is 32.5 Å². The molecular weight excluding hydrogens is 550 g/mol. The van der Waals surface area contributed by atoms with Crippen molar-refractivity contribution in [1.82, 2.24) is 20.9 Å². The number of likely N-dealkylation sites (N-methyl/N-ethyl adjacent to an activating group) is 1. The van der Waals surface area contributed by atoms with Crippen molar-refractivity contribution in [2.24, 2.45) is 28.1 Å². The van der Waals surface area contributed by atoms with Gasteiger partial charge in [0.1, 0.15) is 6.04 Å². The molecule has 0 rings (SSSR count). The lowest BCUT2D eigenvalue weighted by Crippen LogP contribution is -2.56. The molecule has 16 nitrogen and oxygen atoms in total. The minimum absolute atomic E-state index is 0.00475. The van der Waals surface area contributed by atoms with Gasteiger partial charge in [-0.2, -0.15) is 0 Å². The molecule has 0 aromatic carbocycles. The van der Waals surface area contributed by atoms with Crippen molar-refractivity contribution in [3.05, 3.63) is 0 Å². The van der Waals surface area contributed by atoms with Gasteiger partial charge in [-0.3, -0.25) is 44.6 Å². The predicted octanol–water partition coefficient (Wildman–Crippen LogP) is -0.487. The van der Waals surface area contributed by atoms with Crippen LogP contribution in [0.2, 0.25) is 0 Å². The van der Waals surface area contributed by atoms with E-state index in [1.165, 1.54) is 0 Å². The standard InChI is InChI=1S/C24H47N9O5.C2H4O2/c1-4-29-15-20(35)31-18(14-21(36)37)22(38)33(12-8-9-17(25)13-16(2)3)24(28)32-19(34)10-6-5-7-11-30-23(26)27;1-2(3)4/h16-18,29H,4-15,25H2,1-3H3,(H,31,35)(H,36,37)(H4,26,27,30)(H2,28,32,34);1H3,(H,3,4)/t17-,18+;/m1./s1. The summed E-state index contributed by atoms with van der Waals surface area (Å²) in [5.74, 6) is -4.01. The van der Waals surface area contributed by atoms with Gasteiger partial charge in [0.2, 0.25) is 17.8 Å². The minimum atomic E-state index is -1.41. The Balaban J connectivity index is 0. The van der Waals surface area contributed by atoms with Gasteiger partial charge in [-0.1, -0.05) is 27.2 Å². The summed E-state index contributed by atoms with van der Waals surface area (Å²) in [4.78, 5) is 63.2. The zero-order valence-corrected chi connectivity index (χ0v) is 25.3. The van der Waals surface area contributed by atoms with Gasteiger partial charge in [0.05, 0.1) is 13.0 Å². The predicted molar refractivity (Wildman–Crippen MR) is 159 cm³/mol. The number of nitrogens with one attached hydrogen (secondary N) is 4. The van der Waals surface area contributed by atoms with Crippen LogP contribution in [0.25, 0.3) is 0 Å². The Hall–Kier alpha value is -3.79. The molecule has 0 spiro atoms. The number of hydrogen-bond donors (Lipinski definition) is 9. The maximum Gasteiger partial charge on any atom is 0.305 e. The molecule has 0 saturated carbocycles. The zero-order valence-electron chi connectivity index (χ0n) is 25.3. The van der Waals surface area contributed by atoms with Crippen molar-refractivity contribution < 1.29 is 34.2 Å². The van der Waals surface area contributed by atoms with Crippen LogP contribution in [-0.4, -0.2) is 95.0 Å². The first-order chi connectivity index (χ1) is 19.6. The molecule has 0 saturated heterocycles. The SMILES string of the molecule is CC(=O)O.CCNCC(=O)N[C@@H](CC(=O)O)C(=O)N(CCC[C@@H](N)CC(C)C)C(=N)NC(=O)CCCCCN=C(N)N. The lowest BCUT2D eigenvalue weighted by molar-refractivity contribution is -0.142. The fourth-order valence-corrected chi connectivity index (χ4v) is 3.66. The fraction of sp³-hybridized carbons (Fsp3) is 0.731. The highest BCUT2D eigenvalue weighted by atomic mass is 16.4. The molecule has 2 atom stereocenters. The van der Waals surface area contributed by atoms with E-state index in [4.69, 9.17) is 32.5 Å². The van der Waals surface area contributed by atoms with Crippen molar-refractivity contribution in [2.45, 2.75) is 91.1 Å². The van der Waals surface area contributed by atoms with Gasteiger partial charge in [-0.25, -0.2) is 0 Å². The van der Waals surface area contributed by atoms with E-state index >= 15 is 0 Å². The number of rotatable bonds is 19. The molecule has 0 unspecified atom stereocenters. The second-order valence-electron chi connectivity index (χ2n) is 10.1. The molecule has 0 bridgehead atoms. The van der Waals surface area contributed by atoms with Gasteiger partial charge in [0.25, 0.3) is 11.9 Å². The summed E-state index contributed by atoms with van der Waals surface area (Å²) in [6.07, 6.45) is 3.12. The molecule has 3 amide bonds. The molecule has 0 radical (unpaired) electrons. The number of aliphatic imine (C=N–C) groups is 1. The quantitative estimate of drug-likeness (QED) is 0.0517. The third-order valence-corrected chi connectivity index (χ3v) is 5.43. The zero-order chi connectivity index (χ0) is 32.7. The molecular formula is C26H51N9O7. The number of carboxylic acid groups (broad SMARTS) is 2. The van der Waals surface area contributed by atoms with Crippen LogP contribution in [0.4, 0.5) is 0 Å². The van der Waals surface area contributed by atoms with E-state index in [1.807, 2.05) is 13.8 Å². The fourth-order valence-electron chi connectivity index (χ4n) is 3.66. The Morgan fingerprint density at radius 2 is 1.62 bits per heavy atom. The Labute approximate surface area is 247 Å². The molecule has 16 heteroatoms. The van der Waals surface area contributed by atoms with E-state index < -0.39 is 48.1 Å². The second-order valence-corrected chi connectivity index (χ2v) is 10.1. The molecule has 0 aliphatic heterocycles. The highest BCUT2D eigenvalue weighted by Crippen LogP contribution is 2.10. The monoisotopic (exact) mass is 601 g/mol. The summed E-state index contributed by atoms with van der Waals surface area (Å²) in [7, 11) is 0. The number of carboxylic acids is 2. The van der Waals surface area contributed by atoms with Gasteiger partial charge in [-0.15, -0.1) is 0 Å². The van der Waals surface area contributed by atoms with Gasteiger partial charge in [-0.05, 0) is 44.6 Å². The molecule has 12 N–H and O–H groups in total. The second kappa shape index (κ2) is 23.9. The molecule has 42 heavy (non-hydrogen) atoms. The van der Waals surface area contributed by atoms with Crippen LogP contribution in [0.5, 0.6) is 0 Å². The normalized spacial score (nSPS) is 11.8. The van der Waals surface area contributed by atoms with E-state index in [-0.39, 0.29) is 31.5 Å². The first-order valence-electron chi connectivity index (χ1n) is 14.0. The average molecular weight is 602 g/mol. The Morgan fingerprint density at radius 3 is 2.14 bits per heavy atom. The summed E-state index contributed by atoms with van der Waals surface area (Å²) in [5.41, 5.74) is 16.7. The molecule has 0 aromatic rings. The maximum atomic E-state index is 13.3. The Bertz CT molecular complexity index is 889. The number of unbranched alkanes of at least 4 members (excludes halogenated alkanes) is 2. The summed E-state index contributed by atoms with van der Waals surface area (Å²) in [6, 6.07) is -1.51. The number of carbonyl (C=O) groups is 5. The van der Waals surface area contributed by atoms with E-state index in [0.717, 1.165) is 18.2 Å². The van der Waals surface area contributed by atoms with Crippen LogP contribution in [0.1, 0.15) is 79.1 Å². The van der Waals surface area contributed by atoms with Crippen LogP contribution < -0.4 is 33.2 Å². The smallest absolute Gasteiger partial charge is 0.305 e. The first kappa shape index (κ1) is 40.3. The first-order valence-corrected chi connectivity index (χ1v) is 14.0. The molecule has 0 aromatic heterocycles. The largest absolute Gasteiger partial charge is 0.481 e. The van der Waals surface area contributed by atoms with Gasteiger partial charge in [0.15, 0.2) is 5.96 Å². The maximum absolute atomic E-state index is 13.3. The minimum Gasteiger partial charge on any atom is -0.481 e. The molecule has 0 aliphatic rings.